The minimum absolute atomic E-state index is 0.290. The van der Waals surface area contributed by atoms with Crippen molar-refractivity contribution in [2.45, 2.75) is 39.7 Å². The van der Waals surface area contributed by atoms with E-state index in [1.165, 1.54) is 0 Å². The molecule has 136 valence electrons. The molecule has 0 aromatic rings. The summed E-state index contributed by atoms with van der Waals surface area (Å²) in [7, 11) is 1.61. The number of carbonyl (C=O) groups is 2. The van der Waals surface area contributed by atoms with E-state index in [0.717, 1.165) is 6.42 Å². The Morgan fingerprint density at radius 3 is 2.43 bits per heavy atom. The molecule has 0 fully saturated rings. The van der Waals surface area contributed by atoms with Crippen LogP contribution in [0.2, 0.25) is 0 Å². The highest BCUT2D eigenvalue weighted by Crippen LogP contribution is 2.02. The summed E-state index contributed by atoms with van der Waals surface area (Å²) in [4.78, 5) is 23.2. The second-order valence-corrected chi connectivity index (χ2v) is 5.61. The van der Waals surface area contributed by atoms with Gasteiger partial charge in [-0.1, -0.05) is 13.8 Å². The van der Waals surface area contributed by atoms with Gasteiger partial charge in [-0.3, -0.25) is 4.79 Å². The molecule has 0 radical (unpaired) electrons. The van der Waals surface area contributed by atoms with E-state index in [0.29, 0.717) is 45.3 Å². The first-order valence-corrected chi connectivity index (χ1v) is 8.09. The van der Waals surface area contributed by atoms with Crippen molar-refractivity contribution in [2.24, 2.45) is 5.92 Å². The SMILES string of the molecule is COCCOCCCNC(=O)COC(=O)C(C)OCCC(C)C. The normalized spacial score (nSPS) is 12.2. The van der Waals surface area contributed by atoms with E-state index >= 15 is 0 Å². The summed E-state index contributed by atoms with van der Waals surface area (Å²) in [6.07, 6.45) is 0.915. The van der Waals surface area contributed by atoms with Gasteiger partial charge >= 0.3 is 5.97 Å². The Morgan fingerprint density at radius 2 is 1.78 bits per heavy atom. The Morgan fingerprint density at radius 1 is 1.04 bits per heavy atom. The van der Waals surface area contributed by atoms with Crippen LogP contribution < -0.4 is 5.32 Å². The Bertz CT molecular complexity index is 322. The van der Waals surface area contributed by atoms with Crippen LogP contribution in [0.15, 0.2) is 0 Å². The molecule has 0 aromatic heterocycles. The molecule has 1 N–H and O–H groups in total. The highest BCUT2D eigenvalue weighted by atomic mass is 16.6. The van der Waals surface area contributed by atoms with Crippen molar-refractivity contribution in [2.75, 3.05) is 46.7 Å². The van der Waals surface area contributed by atoms with Crippen molar-refractivity contribution in [3.63, 3.8) is 0 Å². The van der Waals surface area contributed by atoms with Crippen molar-refractivity contribution in [1.29, 1.82) is 0 Å². The van der Waals surface area contributed by atoms with Gasteiger partial charge in [0.2, 0.25) is 0 Å². The Kier molecular flexibility index (Phi) is 13.7. The molecule has 7 heteroatoms. The van der Waals surface area contributed by atoms with E-state index in [4.69, 9.17) is 18.9 Å². The monoisotopic (exact) mass is 333 g/mol. The summed E-state index contributed by atoms with van der Waals surface area (Å²) in [5, 5.41) is 2.66. The summed E-state index contributed by atoms with van der Waals surface area (Å²) in [5.41, 5.74) is 0. The lowest BCUT2D eigenvalue weighted by Gasteiger charge is -2.13. The summed E-state index contributed by atoms with van der Waals surface area (Å²) < 4.78 is 20.4. The third-order valence-electron chi connectivity index (χ3n) is 2.96. The molecule has 0 saturated heterocycles. The van der Waals surface area contributed by atoms with Gasteiger partial charge in [0, 0.05) is 26.9 Å². The lowest BCUT2D eigenvalue weighted by Crippen LogP contribution is -2.32. The maximum Gasteiger partial charge on any atom is 0.335 e. The molecule has 0 heterocycles. The minimum atomic E-state index is -0.657. The molecule has 7 nitrogen and oxygen atoms in total. The van der Waals surface area contributed by atoms with Gasteiger partial charge in [-0.15, -0.1) is 0 Å². The smallest absolute Gasteiger partial charge is 0.335 e. The Balaban J connectivity index is 3.58. The molecular formula is C16H31NO6. The fourth-order valence-corrected chi connectivity index (χ4v) is 1.50. The standard InChI is InChI=1S/C16H31NO6/c1-13(2)6-9-22-14(3)16(19)23-12-15(18)17-7-5-8-21-11-10-20-4/h13-14H,5-12H2,1-4H3,(H,17,18). The van der Waals surface area contributed by atoms with Gasteiger partial charge in [0.15, 0.2) is 12.7 Å². The van der Waals surface area contributed by atoms with Crippen molar-refractivity contribution in [1.82, 2.24) is 5.32 Å². The van der Waals surface area contributed by atoms with Crippen molar-refractivity contribution >= 4 is 11.9 Å². The molecule has 1 unspecified atom stereocenters. The number of ether oxygens (including phenoxy) is 4. The topological polar surface area (TPSA) is 83.1 Å². The molecule has 0 aliphatic carbocycles. The molecule has 0 rings (SSSR count). The van der Waals surface area contributed by atoms with Gasteiger partial charge in [0.05, 0.1) is 13.2 Å². The van der Waals surface area contributed by atoms with E-state index in [9.17, 15) is 9.59 Å². The quantitative estimate of drug-likeness (QED) is 0.379. The van der Waals surface area contributed by atoms with Crippen molar-refractivity contribution < 1.29 is 28.5 Å². The van der Waals surface area contributed by atoms with E-state index in [-0.39, 0.29) is 12.5 Å². The first-order chi connectivity index (χ1) is 11.0. The Labute approximate surface area is 139 Å². The van der Waals surface area contributed by atoms with Gasteiger partial charge in [-0.2, -0.15) is 0 Å². The van der Waals surface area contributed by atoms with Crippen LogP contribution in [0, 0.1) is 5.92 Å². The zero-order valence-electron chi connectivity index (χ0n) is 14.8. The van der Waals surface area contributed by atoms with E-state index < -0.39 is 12.1 Å². The summed E-state index contributed by atoms with van der Waals surface area (Å²) in [6.45, 7) is 8.12. The van der Waals surface area contributed by atoms with Gasteiger partial charge in [-0.05, 0) is 25.7 Å². The highest BCUT2D eigenvalue weighted by Gasteiger charge is 2.16. The maximum atomic E-state index is 11.6. The van der Waals surface area contributed by atoms with Crippen LogP contribution in [-0.2, 0) is 28.5 Å². The molecule has 0 saturated carbocycles. The number of rotatable bonds is 14. The van der Waals surface area contributed by atoms with Crippen molar-refractivity contribution in [3.8, 4) is 0 Å². The number of nitrogens with one attached hydrogen (secondary N) is 1. The average molecular weight is 333 g/mol. The lowest BCUT2D eigenvalue weighted by molar-refractivity contribution is -0.159. The predicted octanol–water partition coefficient (Wildman–Crippen LogP) is 1.15. The molecule has 1 atom stereocenters. The molecule has 0 aliphatic rings. The summed E-state index contributed by atoms with van der Waals surface area (Å²) in [5.74, 6) is -0.334. The molecule has 0 spiro atoms. The van der Waals surface area contributed by atoms with Gasteiger partial charge in [0.25, 0.3) is 5.91 Å². The third kappa shape index (κ3) is 14.2. The van der Waals surface area contributed by atoms with Gasteiger partial charge < -0.3 is 24.3 Å². The largest absolute Gasteiger partial charge is 0.454 e. The molecule has 0 aromatic carbocycles. The summed E-state index contributed by atoms with van der Waals surface area (Å²) in [6, 6.07) is 0. The number of carbonyl (C=O) groups excluding carboxylic acids is 2. The number of amides is 1. The van der Waals surface area contributed by atoms with Crippen LogP contribution >= 0.6 is 0 Å². The molecule has 0 bridgehead atoms. The fraction of sp³-hybridized carbons (Fsp3) is 0.875. The maximum absolute atomic E-state index is 11.6. The van der Waals surface area contributed by atoms with Gasteiger partial charge in [-0.25, -0.2) is 4.79 Å². The zero-order chi connectivity index (χ0) is 17.5. The van der Waals surface area contributed by atoms with Crippen LogP contribution in [0.25, 0.3) is 0 Å². The summed E-state index contributed by atoms with van der Waals surface area (Å²) >= 11 is 0. The third-order valence-corrected chi connectivity index (χ3v) is 2.96. The zero-order valence-corrected chi connectivity index (χ0v) is 14.8. The molecular weight excluding hydrogens is 302 g/mol. The molecule has 1 amide bonds. The second-order valence-electron chi connectivity index (χ2n) is 5.61. The van der Waals surface area contributed by atoms with Gasteiger partial charge in [0.1, 0.15) is 0 Å². The number of hydrogen-bond donors (Lipinski definition) is 1. The first-order valence-electron chi connectivity index (χ1n) is 8.09. The number of methoxy groups -OCH3 is 1. The molecule has 23 heavy (non-hydrogen) atoms. The first kappa shape index (κ1) is 21.8. The average Bonchev–Trinajstić information content (AvgIpc) is 2.51. The lowest BCUT2D eigenvalue weighted by atomic mass is 10.1. The van der Waals surface area contributed by atoms with Crippen molar-refractivity contribution in [3.05, 3.63) is 0 Å². The highest BCUT2D eigenvalue weighted by molar-refractivity contribution is 5.81. The Hall–Kier alpha value is -1.18. The number of hydrogen-bond acceptors (Lipinski definition) is 6. The van der Waals surface area contributed by atoms with Crippen LogP contribution in [0.1, 0.15) is 33.6 Å². The fourth-order valence-electron chi connectivity index (χ4n) is 1.50. The van der Waals surface area contributed by atoms with E-state index in [1.54, 1.807) is 14.0 Å². The van der Waals surface area contributed by atoms with E-state index in [2.05, 4.69) is 19.2 Å². The van der Waals surface area contributed by atoms with E-state index in [1.807, 2.05) is 0 Å². The predicted molar refractivity (Wildman–Crippen MR) is 86.1 cm³/mol. The van der Waals surface area contributed by atoms with Crippen LogP contribution in [-0.4, -0.2) is 64.7 Å². The molecule has 0 aliphatic heterocycles. The minimum Gasteiger partial charge on any atom is -0.454 e. The van der Waals surface area contributed by atoms with Crippen LogP contribution in [0.5, 0.6) is 0 Å². The van der Waals surface area contributed by atoms with Crippen LogP contribution in [0.3, 0.4) is 0 Å². The second kappa shape index (κ2) is 14.4. The van der Waals surface area contributed by atoms with Crippen LogP contribution in [0.4, 0.5) is 0 Å². The number of esters is 1.